The molecule has 4 heterocycles. The number of phenolic OH excluding ortho intramolecular Hbond substituents is 10. The van der Waals surface area contributed by atoms with E-state index >= 15 is 0 Å². The smallest absolute Gasteiger partial charge is 0.129 e. The second-order valence-electron chi connectivity index (χ2n) is 26.4. The molecule has 0 aromatic heterocycles. The van der Waals surface area contributed by atoms with Crippen molar-refractivity contribution in [2.24, 2.45) is 0 Å². The van der Waals surface area contributed by atoms with Gasteiger partial charge in [0.2, 0.25) is 0 Å². The Morgan fingerprint density at radius 1 is 0.260 bits per heavy atom. The molecule has 16 heteroatoms. The zero-order valence-electron chi connectivity index (χ0n) is 57.6. The van der Waals surface area contributed by atoms with Crippen molar-refractivity contribution in [2.45, 2.75) is 61.2 Å². The van der Waals surface area contributed by atoms with Crippen LogP contribution >= 0.6 is 0 Å². The minimum atomic E-state index is 0.0168. The van der Waals surface area contributed by atoms with Crippen LogP contribution in [0.25, 0.3) is 0 Å². The highest BCUT2D eigenvalue weighted by Crippen LogP contribution is 2.53. The molecule has 0 fully saturated rings. The van der Waals surface area contributed by atoms with Crippen LogP contribution in [0.5, 0.6) is 92.0 Å². The van der Waals surface area contributed by atoms with E-state index in [0.717, 1.165) is 95.1 Å². The number of aromatic hydroxyl groups is 10. The Labute approximate surface area is 603 Å². The summed E-state index contributed by atoms with van der Waals surface area (Å²) in [6.45, 7) is 5.68. The second kappa shape index (κ2) is 30.7. The molecule has 0 spiro atoms. The summed E-state index contributed by atoms with van der Waals surface area (Å²) in [6.07, 6.45) is 0. The zero-order valence-corrected chi connectivity index (χ0v) is 57.6. The van der Waals surface area contributed by atoms with E-state index in [4.69, 9.17) is 28.4 Å². The topological polar surface area (TPSA) is 258 Å². The number of hydrogen-bond acceptors (Lipinski definition) is 16. The first-order valence-electron chi connectivity index (χ1n) is 34.2. The van der Waals surface area contributed by atoms with Gasteiger partial charge in [0.05, 0.1) is 40.6 Å². The molecule has 16 rings (SSSR count). The van der Waals surface area contributed by atoms with Crippen LogP contribution < -0.4 is 28.4 Å². The Morgan fingerprint density at radius 3 is 0.846 bits per heavy atom. The normalized spacial score (nSPS) is 18.7. The number of rotatable bonds is 10. The third-order valence-electron chi connectivity index (χ3n) is 20.1. The number of phenols is 10. The van der Waals surface area contributed by atoms with Gasteiger partial charge in [-0.1, -0.05) is 121 Å². The van der Waals surface area contributed by atoms with E-state index in [1.807, 2.05) is 135 Å². The number of hydrogen-bond donors (Lipinski definition) is 10. The van der Waals surface area contributed by atoms with Gasteiger partial charge in [0.1, 0.15) is 92.0 Å². The number of benzene rings is 12. The lowest BCUT2D eigenvalue weighted by Gasteiger charge is -2.35. The molecule has 0 saturated heterocycles. The van der Waals surface area contributed by atoms with Gasteiger partial charge >= 0.3 is 0 Å². The molecule has 8 atom stereocenters. The van der Waals surface area contributed by atoms with E-state index in [9.17, 15) is 51.1 Å². The molecule has 0 radical (unpaired) electrons. The van der Waals surface area contributed by atoms with Crippen molar-refractivity contribution in [1.82, 2.24) is 0 Å². The number of fused-ring (bicyclic) bond motifs is 4. The van der Waals surface area contributed by atoms with Crippen LogP contribution in [0, 0.1) is 13.8 Å². The third-order valence-corrected chi connectivity index (χ3v) is 20.1. The summed E-state index contributed by atoms with van der Waals surface area (Å²) in [5.74, 6) is 7.17. The fourth-order valence-electron chi connectivity index (χ4n) is 14.7. The highest BCUT2D eigenvalue weighted by Gasteiger charge is 2.38. The van der Waals surface area contributed by atoms with Crippen molar-refractivity contribution in [3.8, 4) is 92.0 Å². The maximum absolute atomic E-state index is 10.1. The van der Waals surface area contributed by atoms with Crippen molar-refractivity contribution >= 4 is 0 Å². The van der Waals surface area contributed by atoms with Gasteiger partial charge in [0.15, 0.2) is 0 Å². The first-order valence-corrected chi connectivity index (χ1v) is 34.2. The maximum atomic E-state index is 10.1. The van der Waals surface area contributed by atoms with Crippen molar-refractivity contribution in [1.29, 1.82) is 0 Å². The SMILES string of the molecule is COc1ccc([C@@H]2c3ccc(O)c(C)c3OC[C@@H]2c2ccc(O)cc2)cc1.COc1ccc([C@@H]2c3ccc(O)cc3OC[C@@H]2c2ccc(O)cc2)cc1.Cc1cc([C@@H]2c3ccc(O)cc3OC[C@@H]2c2ccc(O)cc2)ccc1O.Oc1ccc([C@@H]2c3ccc(O)cc3OC[C@@H]2c2ccc(O)cc2)cc1. The monoisotopic (exact) mass is 1390 g/mol. The zero-order chi connectivity index (χ0) is 72.7. The molecule has 528 valence electrons. The van der Waals surface area contributed by atoms with Crippen molar-refractivity contribution in [3.05, 3.63) is 333 Å². The predicted octanol–water partition coefficient (Wildman–Crippen LogP) is 17.7. The van der Waals surface area contributed by atoms with Gasteiger partial charge in [-0.3, -0.25) is 0 Å². The predicted molar refractivity (Wildman–Crippen MR) is 397 cm³/mol. The van der Waals surface area contributed by atoms with E-state index in [1.165, 1.54) is 0 Å². The lowest BCUT2D eigenvalue weighted by atomic mass is 9.75. The van der Waals surface area contributed by atoms with Crippen LogP contribution in [0.3, 0.4) is 0 Å². The molecular weight excluding hydrogens is 1310 g/mol. The average Bonchev–Trinajstić information content (AvgIpc) is 0.781. The Kier molecular flexibility index (Phi) is 20.7. The van der Waals surface area contributed by atoms with E-state index in [0.29, 0.717) is 43.7 Å². The first kappa shape index (κ1) is 69.9. The Morgan fingerprint density at radius 2 is 0.519 bits per heavy atom. The molecule has 0 aliphatic carbocycles. The molecule has 0 saturated carbocycles. The van der Waals surface area contributed by atoms with Gasteiger partial charge in [-0.25, -0.2) is 0 Å². The first-order chi connectivity index (χ1) is 50.4. The van der Waals surface area contributed by atoms with Crippen LogP contribution in [0.15, 0.2) is 255 Å². The maximum Gasteiger partial charge on any atom is 0.129 e. The third kappa shape index (κ3) is 15.2. The lowest BCUT2D eigenvalue weighted by molar-refractivity contribution is 0.245. The van der Waals surface area contributed by atoms with E-state index < -0.39 is 0 Å². The molecular formula is C88H80O16. The summed E-state index contributed by atoms with van der Waals surface area (Å²) in [7, 11) is 3.31. The molecule has 0 unspecified atom stereocenters. The molecule has 0 amide bonds. The lowest BCUT2D eigenvalue weighted by Crippen LogP contribution is -2.25. The minimum absolute atomic E-state index is 0.0168. The highest BCUT2D eigenvalue weighted by molar-refractivity contribution is 5.58. The molecule has 4 aliphatic rings. The Balaban J connectivity index is 0.000000123. The summed E-state index contributed by atoms with van der Waals surface area (Å²) in [6, 6.07) is 77.2. The van der Waals surface area contributed by atoms with Crippen molar-refractivity contribution in [3.63, 3.8) is 0 Å². The molecule has 10 N–H and O–H groups in total. The van der Waals surface area contributed by atoms with Crippen LogP contribution in [0.2, 0.25) is 0 Å². The molecule has 4 aliphatic heterocycles. The molecule has 104 heavy (non-hydrogen) atoms. The van der Waals surface area contributed by atoms with Crippen LogP contribution in [0.1, 0.15) is 125 Å². The summed E-state index contributed by atoms with van der Waals surface area (Å²) >= 11 is 0. The minimum Gasteiger partial charge on any atom is -0.508 e. The fourth-order valence-corrected chi connectivity index (χ4v) is 14.7. The molecule has 16 nitrogen and oxygen atoms in total. The van der Waals surface area contributed by atoms with Crippen molar-refractivity contribution < 1.29 is 79.5 Å². The summed E-state index contributed by atoms with van der Waals surface area (Å²) in [5.41, 5.74) is 14.4. The quantitative estimate of drug-likeness (QED) is 0.0611. The van der Waals surface area contributed by atoms with Gasteiger partial charge in [-0.05, 0) is 179 Å². The fraction of sp³-hybridized carbons (Fsp3) is 0.182. The van der Waals surface area contributed by atoms with E-state index in [1.54, 1.807) is 123 Å². The van der Waals surface area contributed by atoms with Crippen LogP contribution in [-0.4, -0.2) is 91.7 Å². The molecule has 0 bridgehead atoms. The molecule has 12 aromatic carbocycles. The van der Waals surface area contributed by atoms with Crippen LogP contribution in [0.4, 0.5) is 0 Å². The average molecular weight is 1390 g/mol. The highest BCUT2D eigenvalue weighted by atomic mass is 16.5. The van der Waals surface area contributed by atoms with Gasteiger partial charge < -0.3 is 79.5 Å². The number of aryl methyl sites for hydroxylation is 1. The number of ether oxygens (including phenoxy) is 6. The van der Waals surface area contributed by atoms with E-state index in [-0.39, 0.29) is 105 Å². The van der Waals surface area contributed by atoms with Gasteiger partial charge in [0.25, 0.3) is 0 Å². The van der Waals surface area contributed by atoms with Crippen LogP contribution in [-0.2, 0) is 0 Å². The van der Waals surface area contributed by atoms with Gasteiger partial charge in [-0.15, -0.1) is 0 Å². The summed E-state index contributed by atoms with van der Waals surface area (Å²) in [4.78, 5) is 0. The standard InChI is InChI=1S/C23H22O4.2C22H20O4.C21H18O4/c1-14-21(25)12-11-19-22(16-5-9-18(26-2)10-6-16)20(13-27-23(14)19)15-3-7-17(24)8-4-15;1-25-18-9-4-15(5-10-18)22-19-11-8-17(24)12-21(19)26-13-20(22)14-2-6-16(23)7-3-14;1-13-10-15(4-9-20(13)25)22-18-8-7-17(24)11-21(18)26-12-19(22)14-2-5-16(23)6-3-14;22-15-5-1-13(2-6-15)19-12-25-20-11-17(24)9-10-18(20)21(19)14-3-7-16(23)8-4-14/h3-12,20,22,24-25H,13H2,1-2H3;2-12,20,22-24H,13H2,1H3;2-11,19,22-25H,12H2,1H3;1-11,19,21-24H,12H2/t2*20-,22-;19-,22-;19-,21-/m1111/s1. The summed E-state index contributed by atoms with van der Waals surface area (Å²) in [5, 5.41) is 97.4. The largest absolute Gasteiger partial charge is 0.508 e. The second-order valence-corrected chi connectivity index (χ2v) is 26.4. The molecule has 12 aromatic rings. The summed E-state index contributed by atoms with van der Waals surface area (Å²) < 4.78 is 34.5. The van der Waals surface area contributed by atoms with Crippen molar-refractivity contribution in [2.75, 3.05) is 40.6 Å². The number of methoxy groups -OCH3 is 2. The Hall–Kier alpha value is -12.6. The van der Waals surface area contributed by atoms with Gasteiger partial charge in [0, 0.05) is 93.4 Å². The van der Waals surface area contributed by atoms with E-state index in [2.05, 4.69) is 24.3 Å². The Bertz CT molecular complexity index is 4930. The van der Waals surface area contributed by atoms with Gasteiger partial charge in [-0.2, -0.15) is 0 Å².